The number of carbonyl (C=O) groups is 2. The molecule has 0 fully saturated rings. The molecule has 2 N–H and O–H groups in total. The summed E-state index contributed by atoms with van der Waals surface area (Å²) in [5.41, 5.74) is 0. The number of likely N-dealkylation sites (N-methyl/N-ethyl adjacent to an activating group) is 1. The normalized spacial score (nSPS) is 13.5. The standard InChI is InChI=1S/C8H16N2O3/c1-10(2,3)5-7(9-6-11)4-8(12)13/h6-7H,4-5H2,1-3H3,(H-,9,11,12,13)/p+1. The minimum absolute atomic E-state index is 0.0335. The van der Waals surface area contributed by atoms with Gasteiger partial charge in [0, 0.05) is 0 Å². The van der Waals surface area contributed by atoms with Crippen LogP contribution in [-0.4, -0.2) is 55.7 Å². The quantitative estimate of drug-likeness (QED) is 0.428. The van der Waals surface area contributed by atoms with E-state index in [1.165, 1.54) is 0 Å². The molecule has 0 aliphatic carbocycles. The van der Waals surface area contributed by atoms with Gasteiger partial charge in [0.05, 0.1) is 40.2 Å². The maximum Gasteiger partial charge on any atom is 0.305 e. The van der Waals surface area contributed by atoms with E-state index in [9.17, 15) is 9.59 Å². The minimum Gasteiger partial charge on any atom is -0.481 e. The molecule has 0 saturated carbocycles. The summed E-state index contributed by atoms with van der Waals surface area (Å²) in [6, 6.07) is -0.296. The number of nitrogens with one attached hydrogen (secondary N) is 1. The van der Waals surface area contributed by atoms with E-state index in [0.29, 0.717) is 17.4 Å². The second kappa shape index (κ2) is 4.81. The zero-order chi connectivity index (χ0) is 10.5. The van der Waals surface area contributed by atoms with Crippen LogP contribution < -0.4 is 5.32 Å². The van der Waals surface area contributed by atoms with Crippen molar-refractivity contribution in [2.45, 2.75) is 12.5 Å². The lowest BCUT2D eigenvalue weighted by Gasteiger charge is -2.28. The number of carboxylic acid groups (broad SMARTS) is 1. The number of hydrogen-bond acceptors (Lipinski definition) is 2. The van der Waals surface area contributed by atoms with Gasteiger partial charge < -0.3 is 14.9 Å². The van der Waals surface area contributed by atoms with Gasteiger partial charge in [0.2, 0.25) is 6.41 Å². The number of amides is 1. The number of aliphatic carboxylic acids is 1. The van der Waals surface area contributed by atoms with Crippen molar-refractivity contribution in [1.82, 2.24) is 5.32 Å². The molecule has 5 heteroatoms. The van der Waals surface area contributed by atoms with Gasteiger partial charge in [-0.05, 0) is 0 Å². The van der Waals surface area contributed by atoms with Gasteiger partial charge in [-0.25, -0.2) is 0 Å². The fourth-order valence-corrected chi connectivity index (χ4v) is 1.14. The Morgan fingerprint density at radius 2 is 2.08 bits per heavy atom. The van der Waals surface area contributed by atoms with Crippen LogP contribution in [0.4, 0.5) is 0 Å². The Labute approximate surface area is 77.9 Å². The van der Waals surface area contributed by atoms with Crippen LogP contribution in [0.2, 0.25) is 0 Å². The maximum atomic E-state index is 10.4. The van der Waals surface area contributed by atoms with Crippen LogP contribution >= 0.6 is 0 Å². The van der Waals surface area contributed by atoms with Crippen molar-refractivity contribution >= 4 is 12.4 Å². The molecule has 1 atom stereocenters. The van der Waals surface area contributed by atoms with Crippen molar-refractivity contribution in [3.63, 3.8) is 0 Å². The summed E-state index contributed by atoms with van der Waals surface area (Å²) >= 11 is 0. The SMILES string of the molecule is C[N+](C)(C)CC(CC(=O)O)NC=O. The van der Waals surface area contributed by atoms with E-state index in [1.54, 1.807) is 0 Å². The smallest absolute Gasteiger partial charge is 0.305 e. The zero-order valence-electron chi connectivity index (χ0n) is 8.28. The van der Waals surface area contributed by atoms with Crippen molar-refractivity contribution in [2.24, 2.45) is 0 Å². The van der Waals surface area contributed by atoms with Gasteiger partial charge in [-0.1, -0.05) is 0 Å². The fourth-order valence-electron chi connectivity index (χ4n) is 1.14. The maximum absolute atomic E-state index is 10.4. The summed E-state index contributed by atoms with van der Waals surface area (Å²) in [6.07, 6.45) is 0.511. The third-order valence-electron chi connectivity index (χ3n) is 1.49. The van der Waals surface area contributed by atoms with Gasteiger partial charge in [0.15, 0.2) is 0 Å². The number of carbonyl (C=O) groups excluding carboxylic acids is 1. The summed E-state index contributed by atoms with van der Waals surface area (Å²) in [5, 5.41) is 11.0. The van der Waals surface area contributed by atoms with E-state index >= 15 is 0 Å². The lowest BCUT2D eigenvalue weighted by Crippen LogP contribution is -2.47. The first kappa shape index (κ1) is 11.9. The monoisotopic (exact) mass is 189 g/mol. The lowest BCUT2D eigenvalue weighted by atomic mass is 10.2. The second-order valence-corrected chi connectivity index (χ2v) is 4.05. The highest BCUT2D eigenvalue weighted by molar-refractivity contribution is 5.68. The van der Waals surface area contributed by atoms with Crippen molar-refractivity contribution in [1.29, 1.82) is 0 Å². The van der Waals surface area contributed by atoms with E-state index in [0.717, 1.165) is 0 Å². The van der Waals surface area contributed by atoms with Gasteiger partial charge >= 0.3 is 5.97 Å². The van der Waals surface area contributed by atoms with Crippen LogP contribution in [0.25, 0.3) is 0 Å². The molecular weight excluding hydrogens is 172 g/mol. The molecule has 1 amide bonds. The molecule has 0 aromatic rings. The Bertz CT molecular complexity index is 186. The van der Waals surface area contributed by atoms with E-state index in [-0.39, 0.29) is 12.5 Å². The number of hydrogen-bond donors (Lipinski definition) is 2. The molecule has 13 heavy (non-hydrogen) atoms. The van der Waals surface area contributed by atoms with Crippen molar-refractivity contribution in [3.05, 3.63) is 0 Å². The van der Waals surface area contributed by atoms with E-state index < -0.39 is 5.97 Å². The second-order valence-electron chi connectivity index (χ2n) is 4.05. The molecule has 0 aromatic carbocycles. The van der Waals surface area contributed by atoms with Crippen molar-refractivity contribution < 1.29 is 19.2 Å². The topological polar surface area (TPSA) is 66.4 Å². The summed E-state index contributed by atoms with van der Waals surface area (Å²) < 4.78 is 0.624. The summed E-state index contributed by atoms with van der Waals surface area (Å²) in [7, 11) is 5.84. The summed E-state index contributed by atoms with van der Waals surface area (Å²) in [5.74, 6) is -0.896. The highest BCUT2D eigenvalue weighted by atomic mass is 16.4. The van der Waals surface area contributed by atoms with Gasteiger partial charge in [-0.3, -0.25) is 9.59 Å². The van der Waals surface area contributed by atoms with Crippen LogP contribution in [0, 0.1) is 0 Å². The summed E-state index contributed by atoms with van der Waals surface area (Å²) in [4.78, 5) is 20.6. The molecule has 0 spiro atoms. The first-order chi connectivity index (χ1) is 5.85. The fraction of sp³-hybridized carbons (Fsp3) is 0.750. The Morgan fingerprint density at radius 1 is 1.54 bits per heavy atom. The highest BCUT2D eigenvalue weighted by Crippen LogP contribution is 1.98. The number of rotatable bonds is 6. The number of carboxylic acids is 1. The van der Waals surface area contributed by atoms with E-state index in [1.807, 2.05) is 21.1 Å². The predicted octanol–water partition coefficient (Wildman–Crippen LogP) is -0.718. The van der Waals surface area contributed by atoms with Gasteiger partial charge in [-0.2, -0.15) is 0 Å². The molecule has 76 valence electrons. The van der Waals surface area contributed by atoms with Crippen LogP contribution in [-0.2, 0) is 9.59 Å². The first-order valence-corrected chi connectivity index (χ1v) is 4.07. The largest absolute Gasteiger partial charge is 0.481 e. The average Bonchev–Trinajstić information content (AvgIpc) is 1.81. The molecule has 0 aliphatic rings. The third-order valence-corrected chi connectivity index (χ3v) is 1.49. The van der Waals surface area contributed by atoms with Crippen LogP contribution in [0.3, 0.4) is 0 Å². The average molecular weight is 189 g/mol. The molecule has 0 aromatic heterocycles. The Hall–Kier alpha value is -1.10. The van der Waals surface area contributed by atoms with Gasteiger partial charge in [-0.15, -0.1) is 0 Å². The zero-order valence-corrected chi connectivity index (χ0v) is 8.28. The predicted molar refractivity (Wildman–Crippen MR) is 48.1 cm³/mol. The summed E-state index contributed by atoms with van der Waals surface area (Å²) in [6.45, 7) is 0.602. The van der Waals surface area contributed by atoms with Crippen molar-refractivity contribution in [3.8, 4) is 0 Å². The van der Waals surface area contributed by atoms with Gasteiger partial charge in [0.1, 0.15) is 0 Å². The van der Waals surface area contributed by atoms with Crippen LogP contribution in [0.1, 0.15) is 6.42 Å². The molecule has 1 unspecified atom stereocenters. The Balaban J connectivity index is 4.09. The van der Waals surface area contributed by atoms with E-state index in [4.69, 9.17) is 5.11 Å². The number of quaternary nitrogens is 1. The van der Waals surface area contributed by atoms with Crippen molar-refractivity contribution in [2.75, 3.05) is 27.7 Å². The molecule has 0 rings (SSSR count). The molecule has 0 saturated heterocycles. The molecule has 0 radical (unpaired) electrons. The molecular formula is C8H17N2O3+. The molecule has 0 aliphatic heterocycles. The first-order valence-electron chi connectivity index (χ1n) is 4.07. The Kier molecular flexibility index (Phi) is 4.40. The minimum atomic E-state index is -0.896. The van der Waals surface area contributed by atoms with Crippen LogP contribution in [0.5, 0.6) is 0 Å². The molecule has 5 nitrogen and oxygen atoms in total. The lowest BCUT2D eigenvalue weighted by molar-refractivity contribution is -0.871. The van der Waals surface area contributed by atoms with E-state index in [2.05, 4.69) is 5.32 Å². The number of nitrogens with zero attached hydrogens (tertiary/aromatic N) is 1. The Morgan fingerprint density at radius 3 is 2.38 bits per heavy atom. The molecule has 0 heterocycles. The third kappa shape index (κ3) is 7.27. The van der Waals surface area contributed by atoms with Crippen LogP contribution in [0.15, 0.2) is 0 Å². The highest BCUT2D eigenvalue weighted by Gasteiger charge is 2.19. The van der Waals surface area contributed by atoms with Gasteiger partial charge in [0.25, 0.3) is 0 Å². The molecule has 0 bridgehead atoms.